The Kier molecular flexibility index (Phi) is 6.61. The van der Waals surface area contributed by atoms with Crippen LogP contribution in [-0.4, -0.2) is 48.8 Å². The number of hydrogen-bond acceptors (Lipinski definition) is 3. The molecule has 0 aromatic heterocycles. The third-order valence-corrected chi connectivity index (χ3v) is 3.83. The van der Waals surface area contributed by atoms with Crippen LogP contribution in [0.2, 0.25) is 0 Å². The molecule has 3 heteroatoms. The van der Waals surface area contributed by atoms with E-state index in [0.29, 0.717) is 11.3 Å². The van der Waals surface area contributed by atoms with Gasteiger partial charge in [-0.2, -0.15) is 0 Å². The number of rotatable bonds is 6. The van der Waals surface area contributed by atoms with Crippen molar-refractivity contribution < 1.29 is 5.11 Å². The highest BCUT2D eigenvalue weighted by Gasteiger charge is 2.23. The molecule has 1 atom stereocenters. The lowest BCUT2D eigenvalue weighted by molar-refractivity contribution is 0.111. The van der Waals surface area contributed by atoms with Crippen LogP contribution >= 0.6 is 0 Å². The fourth-order valence-corrected chi connectivity index (χ4v) is 2.56. The van der Waals surface area contributed by atoms with Gasteiger partial charge in [0.2, 0.25) is 0 Å². The van der Waals surface area contributed by atoms with E-state index >= 15 is 0 Å². The zero-order valence-electron chi connectivity index (χ0n) is 12.7. The number of likely N-dealkylation sites (tertiary alicyclic amines) is 1. The molecule has 2 N–H and O–H groups in total. The second-order valence-corrected chi connectivity index (χ2v) is 7.02. The van der Waals surface area contributed by atoms with Gasteiger partial charge < -0.3 is 15.3 Å². The molecular weight excluding hydrogens is 224 g/mol. The summed E-state index contributed by atoms with van der Waals surface area (Å²) in [6.45, 7) is 13.9. The molecule has 0 radical (unpaired) electrons. The van der Waals surface area contributed by atoms with Gasteiger partial charge in [0.1, 0.15) is 0 Å². The van der Waals surface area contributed by atoms with Gasteiger partial charge in [-0.05, 0) is 50.2 Å². The topological polar surface area (TPSA) is 35.5 Å². The molecule has 1 saturated heterocycles. The molecule has 1 unspecified atom stereocenters. The van der Waals surface area contributed by atoms with Crippen molar-refractivity contribution in [2.75, 3.05) is 32.7 Å². The van der Waals surface area contributed by atoms with Crippen molar-refractivity contribution in [3.05, 3.63) is 0 Å². The lowest BCUT2D eigenvalue weighted by Crippen LogP contribution is -2.39. The Balaban J connectivity index is 2.21. The number of aliphatic hydroxyl groups excluding tert-OH is 1. The van der Waals surface area contributed by atoms with Gasteiger partial charge in [-0.1, -0.05) is 27.7 Å². The molecule has 0 spiro atoms. The van der Waals surface area contributed by atoms with Gasteiger partial charge in [-0.3, -0.25) is 0 Å². The molecule has 0 amide bonds. The molecule has 0 saturated carbocycles. The van der Waals surface area contributed by atoms with Crippen molar-refractivity contribution in [2.24, 2.45) is 11.3 Å². The van der Waals surface area contributed by atoms with E-state index in [0.717, 1.165) is 32.7 Å². The van der Waals surface area contributed by atoms with Crippen molar-refractivity contribution in [1.82, 2.24) is 10.2 Å². The van der Waals surface area contributed by atoms with Crippen LogP contribution in [0.3, 0.4) is 0 Å². The second-order valence-electron chi connectivity index (χ2n) is 7.02. The van der Waals surface area contributed by atoms with Crippen LogP contribution in [0.25, 0.3) is 0 Å². The molecule has 0 aliphatic carbocycles. The Morgan fingerprint density at radius 1 is 1.17 bits per heavy atom. The maximum atomic E-state index is 10.0. The average Bonchev–Trinajstić information content (AvgIpc) is 2.40. The van der Waals surface area contributed by atoms with Gasteiger partial charge in [0.05, 0.1) is 6.10 Å². The van der Waals surface area contributed by atoms with E-state index < -0.39 is 0 Å². The van der Waals surface area contributed by atoms with Gasteiger partial charge in [0, 0.05) is 13.1 Å². The lowest BCUT2D eigenvalue weighted by Gasteiger charge is -2.25. The summed E-state index contributed by atoms with van der Waals surface area (Å²) in [5.41, 5.74) is 0.482. The SMILES string of the molecule is CC(C)CNCC(O)CN1CCCC(C)(C)CC1. The zero-order chi connectivity index (χ0) is 13.6. The van der Waals surface area contributed by atoms with E-state index in [1.165, 1.54) is 19.3 Å². The Morgan fingerprint density at radius 2 is 1.89 bits per heavy atom. The predicted molar refractivity (Wildman–Crippen MR) is 77.8 cm³/mol. The summed E-state index contributed by atoms with van der Waals surface area (Å²) >= 11 is 0. The third-order valence-electron chi connectivity index (χ3n) is 3.83. The summed E-state index contributed by atoms with van der Waals surface area (Å²) in [4.78, 5) is 2.43. The fraction of sp³-hybridized carbons (Fsp3) is 1.00. The minimum atomic E-state index is -0.232. The Hall–Kier alpha value is -0.120. The minimum absolute atomic E-state index is 0.232. The molecular formula is C15H32N2O. The van der Waals surface area contributed by atoms with Crippen LogP contribution in [0.15, 0.2) is 0 Å². The standard InChI is InChI=1S/C15H32N2O/c1-13(2)10-16-11-14(18)12-17-8-5-6-15(3,4)7-9-17/h13-14,16,18H,5-12H2,1-4H3. The summed E-state index contributed by atoms with van der Waals surface area (Å²) in [6, 6.07) is 0. The Morgan fingerprint density at radius 3 is 2.56 bits per heavy atom. The van der Waals surface area contributed by atoms with E-state index in [9.17, 15) is 5.11 Å². The molecule has 3 nitrogen and oxygen atoms in total. The molecule has 0 aromatic carbocycles. The average molecular weight is 256 g/mol. The summed E-state index contributed by atoms with van der Waals surface area (Å²) in [6.07, 6.45) is 3.59. The zero-order valence-corrected chi connectivity index (χ0v) is 12.7. The second kappa shape index (κ2) is 7.46. The Bertz CT molecular complexity index is 229. The molecule has 0 aromatic rings. The quantitative estimate of drug-likeness (QED) is 0.764. The first kappa shape index (κ1) is 15.9. The first-order valence-corrected chi connectivity index (χ1v) is 7.50. The van der Waals surface area contributed by atoms with E-state index in [2.05, 4.69) is 37.9 Å². The number of nitrogens with one attached hydrogen (secondary N) is 1. The molecule has 1 aliphatic heterocycles. The van der Waals surface area contributed by atoms with Crippen molar-refractivity contribution >= 4 is 0 Å². The van der Waals surface area contributed by atoms with Crippen LogP contribution in [0.4, 0.5) is 0 Å². The summed E-state index contributed by atoms with van der Waals surface area (Å²) in [7, 11) is 0. The molecule has 1 fully saturated rings. The van der Waals surface area contributed by atoms with Gasteiger partial charge in [0.15, 0.2) is 0 Å². The summed E-state index contributed by atoms with van der Waals surface area (Å²) < 4.78 is 0. The van der Waals surface area contributed by atoms with Crippen molar-refractivity contribution in [2.45, 2.75) is 53.1 Å². The normalized spacial score (nSPS) is 23.0. The van der Waals surface area contributed by atoms with Crippen LogP contribution in [0.1, 0.15) is 47.0 Å². The summed E-state index contributed by atoms with van der Waals surface area (Å²) in [5.74, 6) is 0.649. The number of β-amino-alcohol motifs (C(OH)–C–C–N with tert-alkyl or cyclic N) is 1. The van der Waals surface area contributed by atoms with E-state index in [1.54, 1.807) is 0 Å². The van der Waals surface area contributed by atoms with Gasteiger partial charge in [0.25, 0.3) is 0 Å². The maximum absolute atomic E-state index is 10.0. The van der Waals surface area contributed by atoms with Gasteiger partial charge in [-0.15, -0.1) is 0 Å². The molecule has 18 heavy (non-hydrogen) atoms. The number of aliphatic hydroxyl groups is 1. The molecule has 1 heterocycles. The van der Waals surface area contributed by atoms with Crippen LogP contribution in [0, 0.1) is 11.3 Å². The predicted octanol–water partition coefficient (Wildman–Crippen LogP) is 2.10. The van der Waals surface area contributed by atoms with Gasteiger partial charge in [-0.25, -0.2) is 0 Å². The van der Waals surface area contributed by atoms with Crippen LogP contribution < -0.4 is 5.32 Å². The highest BCUT2D eigenvalue weighted by molar-refractivity contribution is 4.77. The molecule has 108 valence electrons. The fourth-order valence-electron chi connectivity index (χ4n) is 2.56. The first-order chi connectivity index (χ1) is 8.39. The van der Waals surface area contributed by atoms with Gasteiger partial charge >= 0.3 is 0 Å². The smallest absolute Gasteiger partial charge is 0.0791 e. The van der Waals surface area contributed by atoms with E-state index in [-0.39, 0.29) is 6.10 Å². The van der Waals surface area contributed by atoms with Crippen LogP contribution in [-0.2, 0) is 0 Å². The van der Waals surface area contributed by atoms with Crippen molar-refractivity contribution in [3.8, 4) is 0 Å². The number of hydrogen-bond donors (Lipinski definition) is 2. The molecule has 0 bridgehead atoms. The largest absolute Gasteiger partial charge is 0.390 e. The van der Waals surface area contributed by atoms with E-state index in [1.807, 2.05) is 0 Å². The van der Waals surface area contributed by atoms with Crippen LogP contribution in [0.5, 0.6) is 0 Å². The Labute approximate surface area is 113 Å². The monoisotopic (exact) mass is 256 g/mol. The first-order valence-electron chi connectivity index (χ1n) is 7.50. The summed E-state index contributed by atoms with van der Waals surface area (Å²) in [5, 5.41) is 13.4. The van der Waals surface area contributed by atoms with E-state index in [4.69, 9.17) is 0 Å². The third kappa shape index (κ3) is 6.72. The highest BCUT2D eigenvalue weighted by atomic mass is 16.3. The highest BCUT2D eigenvalue weighted by Crippen LogP contribution is 2.29. The van der Waals surface area contributed by atoms with Crippen molar-refractivity contribution in [3.63, 3.8) is 0 Å². The minimum Gasteiger partial charge on any atom is -0.390 e. The lowest BCUT2D eigenvalue weighted by atomic mass is 9.85. The number of nitrogens with zero attached hydrogens (tertiary/aromatic N) is 1. The molecule has 1 aliphatic rings. The maximum Gasteiger partial charge on any atom is 0.0791 e. The van der Waals surface area contributed by atoms with Crippen molar-refractivity contribution in [1.29, 1.82) is 0 Å². The molecule has 1 rings (SSSR count).